The van der Waals surface area contributed by atoms with Crippen LogP contribution in [-0.2, 0) is 0 Å². The minimum Gasteiger partial charge on any atom is -0.320 e. The van der Waals surface area contributed by atoms with Gasteiger partial charge in [0.05, 0.1) is 0 Å². The number of benzene rings is 1. The number of hydrogen-bond donors (Lipinski definition) is 1. The van der Waals surface area contributed by atoms with Gasteiger partial charge in [0, 0.05) is 5.69 Å². The van der Waals surface area contributed by atoms with Crippen molar-refractivity contribution in [1.29, 1.82) is 0 Å². The van der Waals surface area contributed by atoms with Crippen molar-refractivity contribution in [3.63, 3.8) is 0 Å². The number of nitrogens with one attached hydrogen (secondary N) is 1. The fourth-order valence-corrected chi connectivity index (χ4v) is 1.66. The van der Waals surface area contributed by atoms with E-state index in [0.29, 0.717) is 11.5 Å². The average Bonchev–Trinajstić information content (AvgIpc) is 3.01. The lowest BCUT2D eigenvalue weighted by molar-refractivity contribution is 0.102. The largest absolute Gasteiger partial charge is 0.320 e. The summed E-state index contributed by atoms with van der Waals surface area (Å²) in [6, 6.07) is 8.68. The summed E-state index contributed by atoms with van der Waals surface area (Å²) >= 11 is 0. The molecule has 21 heavy (non-hydrogen) atoms. The van der Waals surface area contributed by atoms with Crippen molar-refractivity contribution < 1.29 is 9.18 Å². The molecule has 0 fully saturated rings. The number of hydrogen-bond acceptors (Lipinski definition) is 5. The molecule has 0 bridgehead atoms. The number of aromatic nitrogens is 5. The van der Waals surface area contributed by atoms with Crippen LogP contribution in [0.2, 0.25) is 0 Å². The van der Waals surface area contributed by atoms with E-state index in [1.807, 2.05) is 0 Å². The van der Waals surface area contributed by atoms with Gasteiger partial charge in [-0.3, -0.25) is 4.79 Å². The van der Waals surface area contributed by atoms with Crippen LogP contribution >= 0.6 is 0 Å². The molecule has 0 saturated carbocycles. The van der Waals surface area contributed by atoms with Crippen molar-refractivity contribution in [2.24, 2.45) is 0 Å². The highest BCUT2D eigenvalue weighted by molar-refractivity contribution is 6.02. The van der Waals surface area contributed by atoms with Crippen LogP contribution in [0.5, 0.6) is 0 Å². The molecule has 1 N–H and O–H groups in total. The maximum atomic E-state index is 13.0. The number of nitrogens with zero attached hydrogens (tertiary/aromatic N) is 5. The summed E-state index contributed by atoms with van der Waals surface area (Å²) in [6.45, 7) is 0. The molecule has 0 radical (unpaired) electrons. The average molecular weight is 284 g/mol. The Morgan fingerprint density at radius 1 is 1.19 bits per heavy atom. The predicted octanol–water partition coefficient (Wildman–Crippen LogP) is 1.45. The molecule has 1 aromatic carbocycles. The molecule has 8 heteroatoms. The summed E-state index contributed by atoms with van der Waals surface area (Å²) in [5.74, 6) is -0.464. The summed E-state index contributed by atoms with van der Waals surface area (Å²) < 4.78 is 14.5. The van der Waals surface area contributed by atoms with Gasteiger partial charge in [-0.1, -0.05) is 6.07 Å². The van der Waals surface area contributed by atoms with Gasteiger partial charge in [-0.25, -0.2) is 14.1 Å². The van der Waals surface area contributed by atoms with Crippen LogP contribution < -0.4 is 5.32 Å². The fourth-order valence-electron chi connectivity index (χ4n) is 1.66. The summed E-state index contributed by atoms with van der Waals surface area (Å²) in [7, 11) is 0. The second-order valence-corrected chi connectivity index (χ2v) is 4.08. The third kappa shape index (κ3) is 2.89. The van der Waals surface area contributed by atoms with Crippen LogP contribution in [0.25, 0.3) is 5.82 Å². The van der Waals surface area contributed by atoms with Crippen molar-refractivity contribution in [3.05, 3.63) is 60.6 Å². The maximum Gasteiger partial charge on any atom is 0.276 e. The van der Waals surface area contributed by atoms with Gasteiger partial charge < -0.3 is 5.32 Å². The minimum atomic E-state index is -0.474. The smallest absolute Gasteiger partial charge is 0.276 e. The Bertz CT molecular complexity index is 757. The van der Waals surface area contributed by atoms with E-state index in [2.05, 4.69) is 25.6 Å². The van der Waals surface area contributed by atoms with E-state index < -0.39 is 11.7 Å². The lowest BCUT2D eigenvalue weighted by Crippen LogP contribution is -2.15. The highest BCUT2D eigenvalue weighted by atomic mass is 19.1. The van der Waals surface area contributed by atoms with Gasteiger partial charge in [0.2, 0.25) is 0 Å². The molecular formula is C13H9FN6O. The van der Waals surface area contributed by atoms with Gasteiger partial charge in [0.1, 0.15) is 18.5 Å². The summed E-state index contributed by atoms with van der Waals surface area (Å²) in [5.41, 5.74) is 0.463. The second kappa shape index (κ2) is 5.45. The highest BCUT2D eigenvalue weighted by Crippen LogP contribution is 2.10. The van der Waals surface area contributed by atoms with Crippen LogP contribution in [0.4, 0.5) is 10.1 Å². The first-order valence-electron chi connectivity index (χ1n) is 5.98. The Morgan fingerprint density at radius 3 is 2.76 bits per heavy atom. The van der Waals surface area contributed by atoms with E-state index in [-0.39, 0.29) is 5.69 Å². The molecule has 104 valence electrons. The van der Waals surface area contributed by atoms with Crippen molar-refractivity contribution in [3.8, 4) is 5.82 Å². The zero-order valence-corrected chi connectivity index (χ0v) is 10.6. The molecule has 2 aromatic heterocycles. The number of amides is 1. The maximum absolute atomic E-state index is 13.0. The van der Waals surface area contributed by atoms with Gasteiger partial charge >= 0.3 is 0 Å². The zero-order valence-electron chi connectivity index (χ0n) is 10.6. The third-order valence-corrected chi connectivity index (χ3v) is 2.62. The van der Waals surface area contributed by atoms with Crippen LogP contribution in [0.15, 0.2) is 49.1 Å². The Kier molecular flexibility index (Phi) is 3.34. The molecule has 0 aliphatic heterocycles. The Labute approximate surface area is 118 Å². The third-order valence-electron chi connectivity index (χ3n) is 2.62. The number of anilines is 1. The van der Waals surface area contributed by atoms with Crippen LogP contribution in [-0.4, -0.2) is 30.9 Å². The molecule has 7 nitrogen and oxygen atoms in total. The Hall–Kier alpha value is -3.16. The van der Waals surface area contributed by atoms with E-state index in [4.69, 9.17) is 0 Å². The number of carbonyl (C=O) groups excluding carboxylic acids is 1. The number of rotatable bonds is 3. The van der Waals surface area contributed by atoms with Crippen molar-refractivity contribution in [2.45, 2.75) is 0 Å². The lowest BCUT2D eigenvalue weighted by Gasteiger charge is -2.04. The van der Waals surface area contributed by atoms with E-state index in [1.54, 1.807) is 12.1 Å². The van der Waals surface area contributed by atoms with Crippen LogP contribution in [0.1, 0.15) is 10.5 Å². The van der Waals surface area contributed by atoms with Crippen molar-refractivity contribution >= 4 is 11.6 Å². The Morgan fingerprint density at radius 2 is 2.10 bits per heavy atom. The molecule has 3 rings (SSSR count). The van der Waals surface area contributed by atoms with Gasteiger partial charge in [0.25, 0.3) is 5.91 Å². The van der Waals surface area contributed by atoms with Crippen molar-refractivity contribution in [2.75, 3.05) is 5.32 Å². The quantitative estimate of drug-likeness (QED) is 0.786. The van der Waals surface area contributed by atoms with E-state index in [1.165, 1.54) is 41.6 Å². The molecular weight excluding hydrogens is 275 g/mol. The molecule has 0 unspecified atom stereocenters. The normalized spacial score (nSPS) is 10.3. The molecule has 0 spiro atoms. The van der Waals surface area contributed by atoms with E-state index >= 15 is 0 Å². The summed E-state index contributed by atoms with van der Waals surface area (Å²) in [5, 5.41) is 14.1. The fraction of sp³-hybridized carbons (Fsp3) is 0. The second-order valence-electron chi connectivity index (χ2n) is 4.08. The first-order valence-corrected chi connectivity index (χ1v) is 5.98. The molecule has 0 aliphatic rings. The van der Waals surface area contributed by atoms with Crippen molar-refractivity contribution in [1.82, 2.24) is 25.0 Å². The first kappa shape index (κ1) is 12.9. The topological polar surface area (TPSA) is 85.6 Å². The van der Waals surface area contributed by atoms with E-state index in [9.17, 15) is 9.18 Å². The number of carbonyl (C=O) groups is 1. The first-order chi connectivity index (χ1) is 10.2. The molecule has 1 amide bonds. The Balaban J connectivity index is 1.76. The standard InChI is InChI=1S/C13H9FN6O/c14-9-2-1-3-10(6-9)17-13(21)11-4-5-12(19-18-11)20-8-15-7-16-20/h1-8H,(H,17,21). The van der Waals surface area contributed by atoms with E-state index in [0.717, 1.165) is 0 Å². The molecule has 0 saturated heterocycles. The van der Waals surface area contributed by atoms with Crippen LogP contribution in [0, 0.1) is 5.82 Å². The lowest BCUT2D eigenvalue weighted by atomic mass is 10.3. The summed E-state index contributed by atoms with van der Waals surface area (Å²) in [6.07, 6.45) is 2.84. The zero-order chi connectivity index (χ0) is 14.7. The minimum absolute atomic E-state index is 0.114. The van der Waals surface area contributed by atoms with Gasteiger partial charge in [-0.05, 0) is 30.3 Å². The molecule has 0 aliphatic carbocycles. The molecule has 3 aromatic rings. The van der Waals surface area contributed by atoms with Gasteiger partial charge in [-0.15, -0.1) is 10.2 Å². The summed E-state index contributed by atoms with van der Waals surface area (Å²) in [4.78, 5) is 15.7. The molecule has 0 atom stereocenters. The highest BCUT2D eigenvalue weighted by Gasteiger charge is 2.09. The SMILES string of the molecule is O=C(Nc1cccc(F)c1)c1ccc(-n2cncn2)nn1. The van der Waals surface area contributed by atoms with Gasteiger partial charge in [0.15, 0.2) is 11.5 Å². The predicted molar refractivity (Wildman–Crippen MR) is 71.3 cm³/mol. The van der Waals surface area contributed by atoms with Crippen LogP contribution in [0.3, 0.4) is 0 Å². The molecule has 2 heterocycles. The monoisotopic (exact) mass is 284 g/mol. The van der Waals surface area contributed by atoms with Gasteiger partial charge in [-0.2, -0.15) is 5.10 Å². The number of halogens is 1.